The van der Waals surface area contributed by atoms with Crippen molar-refractivity contribution in [3.8, 4) is 0 Å². The summed E-state index contributed by atoms with van der Waals surface area (Å²) in [5.74, 6) is -0.883. The van der Waals surface area contributed by atoms with Crippen LogP contribution in [0, 0.1) is 5.82 Å². The summed E-state index contributed by atoms with van der Waals surface area (Å²) in [5, 5.41) is -0.721. The minimum atomic E-state index is -0.721. The van der Waals surface area contributed by atoms with E-state index in [-0.39, 0.29) is 24.5 Å². The normalized spacial score (nSPS) is 15.1. The highest BCUT2D eigenvalue weighted by Crippen LogP contribution is 2.27. The van der Waals surface area contributed by atoms with Gasteiger partial charge in [0.25, 0.3) is 11.1 Å². The van der Waals surface area contributed by atoms with Gasteiger partial charge in [0, 0.05) is 5.69 Å². The molecule has 0 N–H and O–H groups in total. The standard InChI is InChI=1S/C13H11ClFNO3/c1-2-19-11-10(12(14)17)7-16(13(11)18)9-5-3-8(15)4-6-9/h3-6H,2,7H2,1H3. The molecule has 1 aromatic rings. The molecule has 0 bridgehead atoms. The van der Waals surface area contributed by atoms with E-state index in [2.05, 4.69) is 0 Å². The fraction of sp³-hybridized carbons (Fsp3) is 0.231. The van der Waals surface area contributed by atoms with Crippen molar-refractivity contribution in [1.29, 1.82) is 0 Å². The molecule has 0 radical (unpaired) electrons. The van der Waals surface area contributed by atoms with Gasteiger partial charge in [-0.3, -0.25) is 9.59 Å². The zero-order chi connectivity index (χ0) is 14.0. The van der Waals surface area contributed by atoms with E-state index in [1.165, 1.54) is 29.2 Å². The van der Waals surface area contributed by atoms with Gasteiger partial charge in [-0.1, -0.05) is 0 Å². The Balaban J connectivity index is 2.31. The molecule has 0 spiro atoms. The summed E-state index contributed by atoms with van der Waals surface area (Å²) in [7, 11) is 0. The first-order valence-electron chi connectivity index (χ1n) is 5.67. The summed E-state index contributed by atoms with van der Waals surface area (Å²) in [6.07, 6.45) is 0. The van der Waals surface area contributed by atoms with Crippen LogP contribution in [0.1, 0.15) is 6.92 Å². The van der Waals surface area contributed by atoms with E-state index in [0.717, 1.165) is 0 Å². The SMILES string of the molecule is CCOC1=C(C(=O)Cl)CN(c2ccc(F)cc2)C1=O. The second kappa shape index (κ2) is 5.40. The molecule has 1 aliphatic heterocycles. The van der Waals surface area contributed by atoms with Crippen LogP contribution in [0.15, 0.2) is 35.6 Å². The molecule has 0 aliphatic carbocycles. The summed E-state index contributed by atoms with van der Waals surface area (Å²) in [6.45, 7) is 1.99. The molecule has 0 unspecified atom stereocenters. The fourth-order valence-corrected chi connectivity index (χ4v) is 1.97. The van der Waals surface area contributed by atoms with Crippen molar-refractivity contribution in [3.05, 3.63) is 41.4 Å². The van der Waals surface area contributed by atoms with Crippen molar-refractivity contribution in [2.24, 2.45) is 0 Å². The molecule has 19 heavy (non-hydrogen) atoms. The molecular weight excluding hydrogens is 273 g/mol. The van der Waals surface area contributed by atoms with Crippen LogP contribution in [0.2, 0.25) is 0 Å². The predicted octanol–water partition coefficient (Wildman–Crippen LogP) is 2.23. The van der Waals surface area contributed by atoms with Gasteiger partial charge in [0.15, 0.2) is 5.76 Å². The van der Waals surface area contributed by atoms with Gasteiger partial charge in [-0.15, -0.1) is 0 Å². The number of carbonyl (C=O) groups is 2. The van der Waals surface area contributed by atoms with Crippen LogP contribution in [-0.2, 0) is 14.3 Å². The molecule has 1 aromatic carbocycles. The van der Waals surface area contributed by atoms with Crippen LogP contribution in [0.3, 0.4) is 0 Å². The summed E-state index contributed by atoms with van der Waals surface area (Å²) >= 11 is 5.44. The van der Waals surface area contributed by atoms with Crippen LogP contribution in [0.25, 0.3) is 0 Å². The number of amides is 1. The lowest BCUT2D eigenvalue weighted by molar-refractivity contribution is -0.118. The molecule has 1 heterocycles. The number of halogens is 2. The average molecular weight is 284 g/mol. The Morgan fingerprint density at radius 3 is 2.58 bits per heavy atom. The van der Waals surface area contributed by atoms with Crippen molar-refractivity contribution in [3.63, 3.8) is 0 Å². The first kappa shape index (κ1) is 13.5. The number of nitrogens with zero attached hydrogens (tertiary/aromatic N) is 1. The Morgan fingerprint density at radius 1 is 1.42 bits per heavy atom. The summed E-state index contributed by atoms with van der Waals surface area (Å²) in [5.41, 5.74) is 0.606. The van der Waals surface area contributed by atoms with E-state index < -0.39 is 17.0 Å². The molecule has 1 aliphatic rings. The first-order valence-corrected chi connectivity index (χ1v) is 6.05. The lowest BCUT2D eigenvalue weighted by atomic mass is 10.2. The van der Waals surface area contributed by atoms with Crippen molar-refractivity contribution in [2.45, 2.75) is 6.92 Å². The Kier molecular flexibility index (Phi) is 3.85. The van der Waals surface area contributed by atoms with E-state index in [1.807, 2.05) is 0 Å². The monoisotopic (exact) mass is 283 g/mol. The lowest BCUT2D eigenvalue weighted by Gasteiger charge is -2.16. The van der Waals surface area contributed by atoms with E-state index in [4.69, 9.17) is 16.3 Å². The van der Waals surface area contributed by atoms with E-state index in [9.17, 15) is 14.0 Å². The molecule has 1 amide bonds. The fourth-order valence-electron chi connectivity index (χ4n) is 1.83. The molecule has 0 saturated carbocycles. The second-order valence-electron chi connectivity index (χ2n) is 3.88. The van der Waals surface area contributed by atoms with E-state index in [1.54, 1.807) is 6.92 Å². The van der Waals surface area contributed by atoms with Gasteiger partial charge in [0.05, 0.1) is 18.7 Å². The van der Waals surface area contributed by atoms with Gasteiger partial charge in [0.2, 0.25) is 0 Å². The predicted molar refractivity (Wildman–Crippen MR) is 68.3 cm³/mol. The van der Waals surface area contributed by atoms with Crippen LogP contribution >= 0.6 is 11.6 Å². The number of ether oxygens (including phenoxy) is 1. The van der Waals surface area contributed by atoms with E-state index >= 15 is 0 Å². The molecule has 2 rings (SSSR count). The maximum Gasteiger partial charge on any atom is 0.294 e. The van der Waals surface area contributed by atoms with Crippen molar-refractivity contribution in [1.82, 2.24) is 0 Å². The Labute approximate surface area is 114 Å². The van der Waals surface area contributed by atoms with Crippen LogP contribution in [-0.4, -0.2) is 24.3 Å². The molecule has 0 saturated heterocycles. The molecule has 0 atom stereocenters. The van der Waals surface area contributed by atoms with Crippen molar-refractivity contribution in [2.75, 3.05) is 18.1 Å². The number of anilines is 1. The third kappa shape index (κ3) is 2.61. The zero-order valence-corrected chi connectivity index (χ0v) is 10.9. The average Bonchev–Trinajstić information content (AvgIpc) is 2.69. The molecule has 6 heteroatoms. The third-order valence-corrected chi connectivity index (χ3v) is 2.92. The minimum absolute atomic E-state index is 0.0299. The molecule has 0 aromatic heterocycles. The minimum Gasteiger partial charge on any atom is -0.488 e. The van der Waals surface area contributed by atoms with Crippen LogP contribution < -0.4 is 4.90 Å². The maximum atomic E-state index is 12.9. The topological polar surface area (TPSA) is 46.6 Å². The van der Waals surface area contributed by atoms with Crippen LogP contribution in [0.5, 0.6) is 0 Å². The largest absolute Gasteiger partial charge is 0.488 e. The summed E-state index contributed by atoms with van der Waals surface area (Å²) in [4.78, 5) is 24.8. The van der Waals surface area contributed by atoms with Gasteiger partial charge in [-0.25, -0.2) is 4.39 Å². The summed E-state index contributed by atoms with van der Waals surface area (Å²) < 4.78 is 18.0. The second-order valence-corrected chi connectivity index (χ2v) is 4.23. The summed E-state index contributed by atoms with van der Waals surface area (Å²) in [6, 6.07) is 5.39. The molecule has 4 nitrogen and oxygen atoms in total. The zero-order valence-electron chi connectivity index (χ0n) is 10.2. The molecular formula is C13H11ClFNO3. The number of hydrogen-bond acceptors (Lipinski definition) is 3. The van der Waals surface area contributed by atoms with Gasteiger partial charge >= 0.3 is 0 Å². The quantitative estimate of drug-likeness (QED) is 0.796. The number of benzene rings is 1. The van der Waals surface area contributed by atoms with Crippen molar-refractivity contribution >= 4 is 28.4 Å². The Bertz CT molecular complexity index is 554. The van der Waals surface area contributed by atoms with Gasteiger partial charge in [-0.2, -0.15) is 0 Å². The Hall–Kier alpha value is -1.88. The highest BCUT2D eigenvalue weighted by molar-refractivity contribution is 6.68. The lowest BCUT2D eigenvalue weighted by Crippen LogP contribution is -2.27. The van der Waals surface area contributed by atoms with Gasteiger partial charge in [0.1, 0.15) is 5.82 Å². The highest BCUT2D eigenvalue weighted by atomic mass is 35.5. The van der Waals surface area contributed by atoms with Gasteiger partial charge in [-0.05, 0) is 42.8 Å². The highest BCUT2D eigenvalue weighted by Gasteiger charge is 2.35. The molecule has 0 fully saturated rings. The maximum absolute atomic E-state index is 12.9. The van der Waals surface area contributed by atoms with Crippen molar-refractivity contribution < 1.29 is 18.7 Å². The van der Waals surface area contributed by atoms with Crippen LogP contribution in [0.4, 0.5) is 10.1 Å². The smallest absolute Gasteiger partial charge is 0.294 e. The van der Waals surface area contributed by atoms with Gasteiger partial charge < -0.3 is 9.64 Å². The molecule has 100 valence electrons. The Morgan fingerprint density at radius 2 is 2.05 bits per heavy atom. The number of carbonyl (C=O) groups excluding carboxylic acids is 2. The third-order valence-electron chi connectivity index (χ3n) is 2.69. The number of rotatable bonds is 4. The number of hydrogen-bond donors (Lipinski definition) is 0. The first-order chi connectivity index (χ1) is 9.04. The van der Waals surface area contributed by atoms with E-state index in [0.29, 0.717) is 5.69 Å².